The molecule has 28 heavy (non-hydrogen) atoms. The molecule has 0 aromatic heterocycles. The van der Waals surface area contributed by atoms with Crippen LogP contribution in [0.5, 0.6) is 0 Å². The number of hydrogen-bond acceptors (Lipinski definition) is 4. The molecule has 0 saturated carbocycles. The molecule has 0 bridgehead atoms. The summed E-state index contributed by atoms with van der Waals surface area (Å²) in [5.41, 5.74) is 4.50. The summed E-state index contributed by atoms with van der Waals surface area (Å²) in [5.74, 6) is -0.287. The lowest BCUT2D eigenvalue weighted by Crippen LogP contribution is -2.18. The molecule has 0 spiro atoms. The second kappa shape index (κ2) is 7.34. The normalized spacial score (nSPS) is 16.1. The van der Waals surface area contributed by atoms with Crippen molar-refractivity contribution in [3.8, 4) is 0 Å². The number of nitrogens with one attached hydrogen (secondary N) is 3. The molecule has 144 valence electrons. The quantitative estimate of drug-likeness (QED) is 0.749. The van der Waals surface area contributed by atoms with Gasteiger partial charge in [0, 0.05) is 43.4 Å². The van der Waals surface area contributed by atoms with Gasteiger partial charge in [-0.1, -0.05) is 0 Å². The van der Waals surface area contributed by atoms with Crippen LogP contribution in [0.4, 0.5) is 22.7 Å². The maximum absolute atomic E-state index is 12.7. The molecule has 0 saturated heterocycles. The summed E-state index contributed by atoms with van der Waals surface area (Å²) in [4.78, 5) is 38.3. The maximum Gasteiger partial charge on any atom is 0.255 e. The van der Waals surface area contributed by atoms with Gasteiger partial charge in [-0.2, -0.15) is 0 Å². The Balaban J connectivity index is 1.55. The molecule has 2 aromatic carbocycles. The summed E-state index contributed by atoms with van der Waals surface area (Å²) in [7, 11) is 1.92. The van der Waals surface area contributed by atoms with Crippen molar-refractivity contribution in [1.29, 1.82) is 0 Å². The van der Waals surface area contributed by atoms with E-state index in [9.17, 15) is 14.4 Å². The average Bonchev–Trinajstić information content (AvgIpc) is 2.94. The Morgan fingerprint density at radius 3 is 2.61 bits per heavy atom. The van der Waals surface area contributed by atoms with Crippen molar-refractivity contribution in [2.75, 3.05) is 34.4 Å². The Kier molecular flexibility index (Phi) is 4.73. The van der Waals surface area contributed by atoms with Crippen molar-refractivity contribution < 1.29 is 14.4 Å². The van der Waals surface area contributed by atoms with Crippen LogP contribution in [0.2, 0.25) is 0 Å². The van der Waals surface area contributed by atoms with E-state index in [1.54, 1.807) is 18.2 Å². The van der Waals surface area contributed by atoms with Gasteiger partial charge in [0.2, 0.25) is 11.8 Å². The molecule has 0 atom stereocenters. The molecule has 0 aliphatic carbocycles. The highest BCUT2D eigenvalue weighted by atomic mass is 16.2. The van der Waals surface area contributed by atoms with Gasteiger partial charge in [0.15, 0.2) is 0 Å². The summed E-state index contributed by atoms with van der Waals surface area (Å²) >= 11 is 0. The van der Waals surface area contributed by atoms with Gasteiger partial charge in [-0.15, -0.1) is 0 Å². The van der Waals surface area contributed by atoms with Gasteiger partial charge < -0.3 is 20.9 Å². The van der Waals surface area contributed by atoms with Crippen LogP contribution < -0.4 is 20.9 Å². The van der Waals surface area contributed by atoms with Crippen LogP contribution in [-0.4, -0.2) is 31.3 Å². The first kappa shape index (κ1) is 18.0. The van der Waals surface area contributed by atoms with E-state index in [0.717, 1.165) is 29.8 Å². The zero-order valence-electron chi connectivity index (χ0n) is 15.7. The minimum atomic E-state index is -0.249. The number of carbonyl (C=O) groups is 3. The van der Waals surface area contributed by atoms with E-state index >= 15 is 0 Å². The zero-order valence-corrected chi connectivity index (χ0v) is 15.7. The molecule has 3 amide bonds. The highest BCUT2D eigenvalue weighted by Crippen LogP contribution is 2.30. The fourth-order valence-corrected chi connectivity index (χ4v) is 3.57. The fraction of sp³-hybridized carbons (Fsp3) is 0.286. The lowest BCUT2D eigenvalue weighted by Gasteiger charge is -2.19. The van der Waals surface area contributed by atoms with Crippen molar-refractivity contribution in [2.24, 2.45) is 0 Å². The molecular formula is C21H22N4O3. The van der Waals surface area contributed by atoms with Crippen LogP contribution in [0.25, 0.3) is 0 Å². The Labute approximate surface area is 163 Å². The van der Waals surface area contributed by atoms with Crippen LogP contribution >= 0.6 is 0 Å². The van der Waals surface area contributed by atoms with Crippen LogP contribution in [0.3, 0.4) is 0 Å². The molecule has 7 nitrogen and oxygen atoms in total. The molecule has 2 aromatic rings. The Morgan fingerprint density at radius 2 is 1.75 bits per heavy atom. The minimum Gasteiger partial charge on any atom is -0.372 e. The third kappa shape index (κ3) is 3.69. The third-order valence-corrected chi connectivity index (χ3v) is 5.11. The first-order valence-corrected chi connectivity index (χ1v) is 9.39. The topological polar surface area (TPSA) is 90.5 Å². The number of hydrogen-bond donors (Lipinski definition) is 3. The highest BCUT2D eigenvalue weighted by Gasteiger charge is 2.19. The number of rotatable bonds is 2. The molecule has 2 heterocycles. The molecule has 0 radical (unpaired) electrons. The zero-order chi connectivity index (χ0) is 19.7. The van der Waals surface area contributed by atoms with Crippen LogP contribution in [0, 0.1) is 0 Å². The van der Waals surface area contributed by atoms with Crippen molar-refractivity contribution in [2.45, 2.75) is 25.7 Å². The average molecular weight is 378 g/mol. The summed E-state index contributed by atoms with van der Waals surface area (Å²) < 4.78 is 0. The molecule has 0 unspecified atom stereocenters. The third-order valence-electron chi connectivity index (χ3n) is 5.11. The van der Waals surface area contributed by atoms with Crippen LogP contribution in [-0.2, 0) is 16.0 Å². The molecule has 2 aliphatic rings. The number of aryl methyl sites for hydroxylation is 1. The smallest absolute Gasteiger partial charge is 0.255 e. The van der Waals surface area contributed by atoms with E-state index in [1.165, 1.54) is 0 Å². The molecular weight excluding hydrogens is 356 g/mol. The van der Waals surface area contributed by atoms with Crippen molar-refractivity contribution in [1.82, 2.24) is 0 Å². The van der Waals surface area contributed by atoms with Crippen LogP contribution in [0.15, 0.2) is 36.4 Å². The van der Waals surface area contributed by atoms with Crippen molar-refractivity contribution >= 4 is 40.5 Å². The number of benzene rings is 2. The number of fused-ring (bicyclic) bond motifs is 2. The van der Waals surface area contributed by atoms with Crippen LogP contribution in [0.1, 0.15) is 35.2 Å². The lowest BCUT2D eigenvalue weighted by molar-refractivity contribution is -0.116. The van der Waals surface area contributed by atoms with Gasteiger partial charge in [0.05, 0.1) is 11.4 Å². The van der Waals surface area contributed by atoms with Crippen molar-refractivity contribution in [3.63, 3.8) is 0 Å². The van der Waals surface area contributed by atoms with E-state index in [-0.39, 0.29) is 17.7 Å². The van der Waals surface area contributed by atoms with Crippen molar-refractivity contribution in [3.05, 3.63) is 47.5 Å². The first-order chi connectivity index (χ1) is 13.5. The second-order valence-corrected chi connectivity index (χ2v) is 7.18. The largest absolute Gasteiger partial charge is 0.372 e. The number of amides is 3. The molecule has 7 heteroatoms. The second-order valence-electron chi connectivity index (χ2n) is 7.18. The van der Waals surface area contributed by atoms with Gasteiger partial charge in [0.1, 0.15) is 0 Å². The standard InChI is InChI=1S/C21H22N4O3/c1-25-10-9-20(27)24-17-12-14(5-8-18(17)25)21(28)22-15-6-7-16-13(11-15)3-2-4-19(26)23-16/h5-8,11-12H,2-4,9-10H2,1H3,(H,22,28)(H,23,26)(H,24,27). The number of nitrogens with zero attached hydrogens (tertiary/aromatic N) is 1. The molecule has 4 rings (SSSR count). The Hall–Kier alpha value is -3.35. The van der Waals surface area contributed by atoms with E-state index in [1.807, 2.05) is 30.1 Å². The number of carbonyl (C=O) groups excluding carboxylic acids is 3. The molecule has 3 N–H and O–H groups in total. The Bertz CT molecular complexity index is 970. The summed E-state index contributed by atoms with van der Waals surface area (Å²) in [6.45, 7) is 0.635. The fourth-order valence-electron chi connectivity index (χ4n) is 3.57. The minimum absolute atomic E-state index is 0.0209. The lowest BCUT2D eigenvalue weighted by atomic mass is 10.1. The molecule has 2 aliphatic heterocycles. The van der Waals surface area contributed by atoms with E-state index in [0.29, 0.717) is 36.3 Å². The molecule has 0 fully saturated rings. The first-order valence-electron chi connectivity index (χ1n) is 9.39. The van der Waals surface area contributed by atoms with Gasteiger partial charge in [0.25, 0.3) is 5.91 Å². The van der Waals surface area contributed by atoms with E-state index in [2.05, 4.69) is 16.0 Å². The summed E-state index contributed by atoms with van der Waals surface area (Å²) in [6.07, 6.45) is 2.49. The van der Waals surface area contributed by atoms with E-state index < -0.39 is 0 Å². The predicted molar refractivity (Wildman–Crippen MR) is 109 cm³/mol. The Morgan fingerprint density at radius 1 is 0.964 bits per heavy atom. The summed E-state index contributed by atoms with van der Waals surface area (Å²) in [5, 5.41) is 8.66. The highest BCUT2D eigenvalue weighted by molar-refractivity contribution is 6.07. The summed E-state index contributed by atoms with van der Waals surface area (Å²) in [6, 6.07) is 10.8. The van der Waals surface area contributed by atoms with Gasteiger partial charge >= 0.3 is 0 Å². The SMILES string of the molecule is CN1CCC(=O)Nc2cc(C(=O)Nc3ccc4c(c3)CCCC(=O)N4)ccc21. The maximum atomic E-state index is 12.7. The monoisotopic (exact) mass is 378 g/mol. The van der Waals surface area contributed by atoms with E-state index in [4.69, 9.17) is 0 Å². The van der Waals surface area contributed by atoms with Gasteiger partial charge in [-0.3, -0.25) is 14.4 Å². The predicted octanol–water partition coefficient (Wildman–Crippen LogP) is 2.99. The van der Waals surface area contributed by atoms with Gasteiger partial charge in [-0.25, -0.2) is 0 Å². The van der Waals surface area contributed by atoms with Gasteiger partial charge in [-0.05, 0) is 54.8 Å². The number of anilines is 4.